The van der Waals surface area contributed by atoms with Crippen molar-refractivity contribution in [1.29, 1.82) is 0 Å². The summed E-state index contributed by atoms with van der Waals surface area (Å²) in [5, 5.41) is 0. The average molecular weight is 326 g/mol. The summed E-state index contributed by atoms with van der Waals surface area (Å²) in [4.78, 5) is 16.7. The average Bonchev–Trinajstić information content (AvgIpc) is 2.41. The summed E-state index contributed by atoms with van der Waals surface area (Å²) in [5.41, 5.74) is 7.61. The highest BCUT2D eigenvalue weighted by Gasteiger charge is 2.28. The third-order valence-corrected chi connectivity index (χ3v) is 4.51. The van der Waals surface area contributed by atoms with Gasteiger partial charge in [-0.3, -0.25) is 4.79 Å². The van der Waals surface area contributed by atoms with E-state index in [0.29, 0.717) is 6.54 Å². The monoisotopic (exact) mass is 325 g/mol. The first-order valence-corrected chi connectivity index (χ1v) is 7.28. The third kappa shape index (κ3) is 3.16. The Morgan fingerprint density at radius 3 is 2.84 bits per heavy atom. The number of nitrogens with zero attached hydrogens (tertiary/aromatic N) is 2. The van der Waals surface area contributed by atoms with Gasteiger partial charge in [-0.05, 0) is 37.7 Å². The number of likely N-dealkylation sites (N-methyl/N-ethyl adjacent to an activating group) is 1. The van der Waals surface area contributed by atoms with Crippen LogP contribution >= 0.6 is 15.9 Å². The molecule has 1 unspecified atom stereocenters. The number of rotatable bonds is 2. The minimum Gasteiger partial charge on any atom is -0.332 e. The molecule has 1 aromatic carbocycles. The summed E-state index contributed by atoms with van der Waals surface area (Å²) in [5.74, 6) is 0.0825. The summed E-state index contributed by atoms with van der Waals surface area (Å²) in [6, 6.07) is 5.83. The lowest BCUT2D eigenvalue weighted by atomic mass is 10.1. The molecule has 1 atom stereocenters. The predicted octanol–water partition coefficient (Wildman–Crippen LogP) is 1.47. The Morgan fingerprint density at radius 2 is 2.21 bits per heavy atom. The van der Waals surface area contributed by atoms with E-state index in [1.165, 1.54) is 0 Å². The minimum atomic E-state index is 0.0825. The number of amides is 1. The lowest BCUT2D eigenvalue weighted by Gasteiger charge is -2.39. The summed E-state index contributed by atoms with van der Waals surface area (Å²) >= 11 is 3.46. The molecule has 5 heteroatoms. The molecule has 1 heterocycles. The molecule has 4 nitrogen and oxygen atoms in total. The van der Waals surface area contributed by atoms with Crippen LogP contribution in [0.15, 0.2) is 22.7 Å². The second kappa shape index (κ2) is 6.03. The Morgan fingerprint density at radius 1 is 1.47 bits per heavy atom. The van der Waals surface area contributed by atoms with Crippen LogP contribution in [0.1, 0.15) is 15.9 Å². The number of halogens is 1. The number of hydrogen-bond acceptors (Lipinski definition) is 3. The maximum absolute atomic E-state index is 12.6. The van der Waals surface area contributed by atoms with Crippen LogP contribution < -0.4 is 5.73 Å². The Kier molecular flexibility index (Phi) is 4.60. The molecule has 19 heavy (non-hydrogen) atoms. The number of hydrogen-bond donors (Lipinski definition) is 1. The van der Waals surface area contributed by atoms with Gasteiger partial charge in [0.25, 0.3) is 5.91 Å². The van der Waals surface area contributed by atoms with E-state index in [4.69, 9.17) is 5.73 Å². The Balaban J connectivity index is 2.20. The van der Waals surface area contributed by atoms with Gasteiger partial charge in [0.2, 0.25) is 0 Å². The van der Waals surface area contributed by atoms with Crippen LogP contribution in [-0.2, 0) is 0 Å². The molecule has 2 N–H and O–H groups in total. The zero-order chi connectivity index (χ0) is 14.0. The first-order chi connectivity index (χ1) is 9.02. The quantitative estimate of drug-likeness (QED) is 0.895. The maximum Gasteiger partial charge on any atom is 0.254 e. The van der Waals surface area contributed by atoms with E-state index in [1.54, 1.807) is 0 Å². The predicted molar refractivity (Wildman–Crippen MR) is 80.3 cm³/mol. The fourth-order valence-corrected chi connectivity index (χ4v) is 2.67. The SMILES string of the molecule is Cc1cc(C(=O)N2CCN(C)CC2CN)ccc1Br. The molecule has 2 rings (SSSR count). The number of aryl methyl sites for hydroxylation is 1. The van der Waals surface area contributed by atoms with Gasteiger partial charge < -0.3 is 15.5 Å². The van der Waals surface area contributed by atoms with Crippen molar-refractivity contribution in [1.82, 2.24) is 9.80 Å². The summed E-state index contributed by atoms with van der Waals surface area (Å²) in [6.07, 6.45) is 0. The van der Waals surface area contributed by atoms with Crippen molar-refractivity contribution in [3.8, 4) is 0 Å². The van der Waals surface area contributed by atoms with Gasteiger partial charge in [-0.1, -0.05) is 15.9 Å². The number of carbonyl (C=O) groups is 1. The molecule has 1 fully saturated rings. The fraction of sp³-hybridized carbons (Fsp3) is 0.500. The van der Waals surface area contributed by atoms with Crippen LogP contribution in [0.2, 0.25) is 0 Å². The van der Waals surface area contributed by atoms with Crippen molar-refractivity contribution >= 4 is 21.8 Å². The van der Waals surface area contributed by atoms with Crippen LogP contribution in [0.25, 0.3) is 0 Å². The molecule has 0 spiro atoms. The van der Waals surface area contributed by atoms with Gasteiger partial charge in [0.05, 0.1) is 6.04 Å². The van der Waals surface area contributed by atoms with Gasteiger partial charge in [0.1, 0.15) is 0 Å². The lowest BCUT2D eigenvalue weighted by molar-refractivity contribution is 0.0516. The molecular weight excluding hydrogens is 306 g/mol. The second-order valence-corrected chi connectivity index (χ2v) is 5.97. The number of piperazine rings is 1. The lowest BCUT2D eigenvalue weighted by Crippen LogP contribution is -2.56. The van der Waals surface area contributed by atoms with E-state index >= 15 is 0 Å². The van der Waals surface area contributed by atoms with Crippen molar-refractivity contribution in [3.05, 3.63) is 33.8 Å². The maximum atomic E-state index is 12.6. The van der Waals surface area contributed by atoms with Crippen LogP contribution in [-0.4, -0.2) is 55.0 Å². The van der Waals surface area contributed by atoms with Gasteiger partial charge >= 0.3 is 0 Å². The molecule has 1 aromatic rings. The van der Waals surface area contributed by atoms with Gasteiger partial charge in [0.15, 0.2) is 0 Å². The second-order valence-electron chi connectivity index (χ2n) is 5.11. The van der Waals surface area contributed by atoms with Crippen molar-refractivity contribution < 1.29 is 4.79 Å². The topological polar surface area (TPSA) is 49.6 Å². The third-order valence-electron chi connectivity index (χ3n) is 3.62. The summed E-state index contributed by atoms with van der Waals surface area (Å²) in [7, 11) is 2.06. The van der Waals surface area contributed by atoms with E-state index in [1.807, 2.05) is 30.0 Å². The zero-order valence-corrected chi connectivity index (χ0v) is 13.0. The number of carbonyl (C=O) groups excluding carboxylic acids is 1. The van der Waals surface area contributed by atoms with Crippen LogP contribution in [0.3, 0.4) is 0 Å². The molecule has 104 valence electrons. The normalized spacial score (nSPS) is 20.6. The first-order valence-electron chi connectivity index (χ1n) is 6.48. The van der Waals surface area contributed by atoms with Crippen molar-refractivity contribution in [3.63, 3.8) is 0 Å². The van der Waals surface area contributed by atoms with E-state index in [2.05, 4.69) is 27.9 Å². The molecular formula is C14H20BrN3O. The van der Waals surface area contributed by atoms with Gasteiger partial charge in [-0.2, -0.15) is 0 Å². The zero-order valence-electron chi connectivity index (χ0n) is 11.4. The highest BCUT2D eigenvalue weighted by atomic mass is 79.9. The molecule has 1 aliphatic rings. The highest BCUT2D eigenvalue weighted by molar-refractivity contribution is 9.10. The van der Waals surface area contributed by atoms with Crippen molar-refractivity contribution in [2.24, 2.45) is 5.73 Å². The van der Waals surface area contributed by atoms with E-state index in [-0.39, 0.29) is 11.9 Å². The van der Waals surface area contributed by atoms with Gasteiger partial charge in [-0.15, -0.1) is 0 Å². The molecule has 0 aromatic heterocycles. The molecule has 1 saturated heterocycles. The van der Waals surface area contributed by atoms with E-state index in [0.717, 1.165) is 35.2 Å². The molecule has 0 bridgehead atoms. The van der Waals surface area contributed by atoms with Crippen molar-refractivity contribution in [2.75, 3.05) is 33.2 Å². The number of nitrogens with two attached hydrogens (primary N) is 1. The Hall–Kier alpha value is -0.910. The minimum absolute atomic E-state index is 0.0825. The van der Waals surface area contributed by atoms with Crippen molar-refractivity contribution in [2.45, 2.75) is 13.0 Å². The van der Waals surface area contributed by atoms with Gasteiger partial charge in [-0.25, -0.2) is 0 Å². The number of benzene rings is 1. The largest absolute Gasteiger partial charge is 0.332 e. The summed E-state index contributed by atoms with van der Waals surface area (Å²) < 4.78 is 1.03. The first kappa shape index (κ1) is 14.5. The fourth-order valence-electron chi connectivity index (χ4n) is 2.42. The molecule has 0 aliphatic carbocycles. The van der Waals surface area contributed by atoms with Crippen LogP contribution in [0.4, 0.5) is 0 Å². The Bertz CT molecular complexity index is 478. The van der Waals surface area contributed by atoms with E-state index < -0.39 is 0 Å². The van der Waals surface area contributed by atoms with Crippen LogP contribution in [0, 0.1) is 6.92 Å². The highest BCUT2D eigenvalue weighted by Crippen LogP contribution is 2.19. The standard InChI is InChI=1S/C14H20BrN3O/c1-10-7-11(3-4-13(10)15)14(19)18-6-5-17(2)9-12(18)8-16/h3-4,7,12H,5-6,8-9,16H2,1-2H3. The molecule has 0 radical (unpaired) electrons. The smallest absolute Gasteiger partial charge is 0.254 e. The molecule has 1 amide bonds. The van der Waals surface area contributed by atoms with Gasteiger partial charge in [0, 0.05) is 36.2 Å². The Labute approximate surface area is 122 Å². The van der Waals surface area contributed by atoms with Crippen LogP contribution in [0.5, 0.6) is 0 Å². The molecule has 1 aliphatic heterocycles. The molecule has 0 saturated carbocycles. The summed E-state index contributed by atoms with van der Waals surface area (Å²) in [6.45, 7) is 4.98. The van der Waals surface area contributed by atoms with E-state index in [9.17, 15) is 4.79 Å².